The standard InChI is InChI=1S/C15H16N6O5S/c1-25-9-4-3-8(5-10(9)26-2)19-11(22)6-27(23,24)14-12-13(18-7-17-12)20-15(16)21-14/h3-5,7H,6H2,1-2H3,(H,19,22)(H3,16,17,18,20,21). The summed E-state index contributed by atoms with van der Waals surface area (Å²) in [5.41, 5.74) is 6.06. The average molecular weight is 392 g/mol. The van der Waals surface area contributed by atoms with Gasteiger partial charge in [0.05, 0.1) is 20.5 Å². The Morgan fingerprint density at radius 3 is 2.67 bits per heavy atom. The number of amides is 1. The Hall–Kier alpha value is -3.41. The Morgan fingerprint density at radius 1 is 1.22 bits per heavy atom. The van der Waals surface area contributed by atoms with Crippen LogP contribution in [0.5, 0.6) is 11.5 Å². The van der Waals surface area contributed by atoms with Crippen LogP contribution in [0.1, 0.15) is 0 Å². The van der Waals surface area contributed by atoms with Crippen molar-refractivity contribution in [3.05, 3.63) is 24.5 Å². The van der Waals surface area contributed by atoms with E-state index in [1.54, 1.807) is 12.1 Å². The predicted molar refractivity (Wildman–Crippen MR) is 96.3 cm³/mol. The lowest BCUT2D eigenvalue weighted by Crippen LogP contribution is -2.24. The number of hydrogen-bond acceptors (Lipinski definition) is 9. The highest BCUT2D eigenvalue weighted by atomic mass is 32.2. The SMILES string of the molecule is COc1ccc(NC(=O)CS(=O)(=O)c2nc(N)nc3nc[nH]c23)cc1OC. The molecule has 0 spiro atoms. The molecule has 1 amide bonds. The number of nitrogens with one attached hydrogen (secondary N) is 2. The van der Waals surface area contributed by atoms with E-state index >= 15 is 0 Å². The molecule has 11 nitrogen and oxygen atoms in total. The number of ether oxygens (including phenoxy) is 2. The van der Waals surface area contributed by atoms with Crippen LogP contribution in [-0.2, 0) is 14.6 Å². The van der Waals surface area contributed by atoms with Gasteiger partial charge in [0.2, 0.25) is 21.7 Å². The fraction of sp³-hybridized carbons (Fsp3) is 0.200. The minimum absolute atomic E-state index is 0.0862. The first-order valence-corrected chi connectivity index (χ1v) is 9.20. The lowest BCUT2D eigenvalue weighted by Gasteiger charge is -2.11. The lowest BCUT2D eigenvalue weighted by molar-refractivity contribution is -0.113. The molecule has 12 heteroatoms. The number of nitrogen functional groups attached to an aromatic ring is 1. The first-order chi connectivity index (χ1) is 12.8. The van der Waals surface area contributed by atoms with E-state index in [1.165, 1.54) is 26.6 Å². The molecule has 0 bridgehead atoms. The molecule has 0 aliphatic carbocycles. The molecule has 27 heavy (non-hydrogen) atoms. The predicted octanol–water partition coefficient (Wildman–Crippen LogP) is 0.365. The molecule has 0 aliphatic heterocycles. The van der Waals surface area contributed by atoms with Crippen LogP contribution < -0.4 is 20.5 Å². The largest absolute Gasteiger partial charge is 0.493 e. The van der Waals surface area contributed by atoms with E-state index in [-0.39, 0.29) is 22.1 Å². The van der Waals surface area contributed by atoms with Crippen molar-refractivity contribution >= 4 is 38.5 Å². The highest BCUT2D eigenvalue weighted by molar-refractivity contribution is 7.92. The summed E-state index contributed by atoms with van der Waals surface area (Å²) < 4.78 is 35.5. The van der Waals surface area contributed by atoms with E-state index in [2.05, 4.69) is 25.3 Å². The van der Waals surface area contributed by atoms with Gasteiger partial charge in [-0.25, -0.2) is 13.4 Å². The van der Waals surface area contributed by atoms with Crippen molar-refractivity contribution in [1.29, 1.82) is 0 Å². The second kappa shape index (κ2) is 7.07. The summed E-state index contributed by atoms with van der Waals surface area (Å²) in [5.74, 6) is -0.992. The number of carbonyl (C=O) groups excluding carboxylic acids is 1. The first kappa shape index (κ1) is 18.4. The van der Waals surface area contributed by atoms with Gasteiger partial charge in [-0.05, 0) is 12.1 Å². The Morgan fingerprint density at radius 2 is 1.96 bits per heavy atom. The number of benzene rings is 1. The number of nitrogens with two attached hydrogens (primary N) is 1. The van der Waals surface area contributed by atoms with Crippen LogP contribution in [-0.4, -0.2) is 54.2 Å². The molecule has 3 rings (SSSR count). The van der Waals surface area contributed by atoms with E-state index in [1.807, 2.05) is 0 Å². The fourth-order valence-electron chi connectivity index (χ4n) is 2.40. The van der Waals surface area contributed by atoms with Gasteiger partial charge in [-0.3, -0.25) is 4.79 Å². The van der Waals surface area contributed by atoms with Crippen LogP contribution in [0.15, 0.2) is 29.6 Å². The number of rotatable bonds is 6. The van der Waals surface area contributed by atoms with Gasteiger partial charge in [-0.15, -0.1) is 0 Å². The first-order valence-electron chi connectivity index (χ1n) is 7.55. The normalized spacial score (nSPS) is 11.3. The number of methoxy groups -OCH3 is 2. The number of sulfone groups is 1. The molecule has 0 saturated carbocycles. The van der Waals surface area contributed by atoms with E-state index < -0.39 is 21.5 Å². The van der Waals surface area contributed by atoms with Gasteiger partial charge in [0.15, 0.2) is 22.2 Å². The van der Waals surface area contributed by atoms with Crippen molar-refractivity contribution in [2.24, 2.45) is 0 Å². The minimum Gasteiger partial charge on any atom is -0.493 e. The quantitative estimate of drug-likeness (QED) is 0.503. The molecule has 0 unspecified atom stereocenters. The molecule has 0 atom stereocenters. The number of H-pyrrole nitrogens is 1. The number of carbonyl (C=O) groups is 1. The zero-order valence-corrected chi connectivity index (χ0v) is 15.2. The number of hydrogen-bond donors (Lipinski definition) is 3. The number of fused-ring (bicyclic) bond motifs is 1. The highest BCUT2D eigenvalue weighted by Crippen LogP contribution is 2.29. The van der Waals surface area contributed by atoms with Crippen LogP contribution >= 0.6 is 0 Å². The molecule has 3 aromatic rings. The lowest BCUT2D eigenvalue weighted by atomic mass is 10.2. The molecular formula is C15H16N6O5S. The molecule has 142 valence electrons. The Balaban J connectivity index is 1.83. The zero-order valence-electron chi connectivity index (χ0n) is 14.4. The van der Waals surface area contributed by atoms with Gasteiger partial charge < -0.3 is 25.5 Å². The van der Waals surface area contributed by atoms with E-state index in [0.717, 1.165) is 0 Å². The number of nitrogens with zero attached hydrogens (tertiary/aromatic N) is 3. The summed E-state index contributed by atoms with van der Waals surface area (Å²) in [7, 11) is -1.17. The summed E-state index contributed by atoms with van der Waals surface area (Å²) in [6.45, 7) is 0. The van der Waals surface area contributed by atoms with Gasteiger partial charge in [-0.2, -0.15) is 9.97 Å². The molecule has 1 aromatic carbocycles. The second-order valence-electron chi connectivity index (χ2n) is 5.37. The van der Waals surface area contributed by atoms with E-state index in [9.17, 15) is 13.2 Å². The molecule has 0 fully saturated rings. The van der Waals surface area contributed by atoms with E-state index in [4.69, 9.17) is 15.2 Å². The van der Waals surface area contributed by atoms with Crippen molar-refractivity contribution in [3.8, 4) is 11.5 Å². The van der Waals surface area contributed by atoms with Crippen molar-refractivity contribution in [1.82, 2.24) is 19.9 Å². The smallest absolute Gasteiger partial charge is 0.240 e. The molecule has 2 aromatic heterocycles. The number of aromatic nitrogens is 4. The van der Waals surface area contributed by atoms with Crippen molar-refractivity contribution in [2.45, 2.75) is 5.03 Å². The highest BCUT2D eigenvalue weighted by Gasteiger charge is 2.26. The zero-order chi connectivity index (χ0) is 19.6. The summed E-state index contributed by atoms with van der Waals surface area (Å²) in [6.07, 6.45) is 1.27. The van der Waals surface area contributed by atoms with Crippen LogP contribution in [0.25, 0.3) is 11.2 Å². The summed E-state index contributed by atoms with van der Waals surface area (Å²) in [5, 5.41) is 2.11. The Bertz CT molecular complexity index is 1110. The monoisotopic (exact) mass is 392 g/mol. The number of aromatic amines is 1. The van der Waals surface area contributed by atoms with Crippen LogP contribution in [0.3, 0.4) is 0 Å². The summed E-state index contributed by atoms with van der Waals surface area (Å²) in [4.78, 5) is 26.3. The number of imidazole rings is 1. The maximum absolute atomic E-state index is 12.6. The van der Waals surface area contributed by atoms with Crippen LogP contribution in [0.4, 0.5) is 11.6 Å². The maximum atomic E-state index is 12.6. The fourth-order valence-corrected chi connectivity index (χ4v) is 3.65. The molecule has 0 radical (unpaired) electrons. The topological polar surface area (TPSA) is 162 Å². The Kier molecular flexibility index (Phi) is 4.81. The van der Waals surface area contributed by atoms with Crippen molar-refractivity contribution in [2.75, 3.05) is 31.0 Å². The molecule has 4 N–H and O–H groups in total. The third kappa shape index (κ3) is 3.74. The molecule has 2 heterocycles. The third-order valence-electron chi connectivity index (χ3n) is 3.55. The van der Waals surface area contributed by atoms with Crippen LogP contribution in [0.2, 0.25) is 0 Å². The van der Waals surface area contributed by atoms with Crippen molar-refractivity contribution < 1.29 is 22.7 Å². The molecule has 0 aliphatic rings. The van der Waals surface area contributed by atoms with Gasteiger partial charge >= 0.3 is 0 Å². The maximum Gasteiger partial charge on any atom is 0.240 e. The molecular weight excluding hydrogens is 376 g/mol. The second-order valence-corrected chi connectivity index (χ2v) is 7.27. The van der Waals surface area contributed by atoms with Gasteiger partial charge in [0.25, 0.3) is 0 Å². The van der Waals surface area contributed by atoms with Gasteiger partial charge in [0.1, 0.15) is 11.3 Å². The molecule has 0 saturated heterocycles. The Labute approximate surface area is 153 Å². The van der Waals surface area contributed by atoms with Crippen molar-refractivity contribution in [3.63, 3.8) is 0 Å². The summed E-state index contributed by atoms with van der Waals surface area (Å²) in [6, 6.07) is 4.66. The average Bonchev–Trinajstić information content (AvgIpc) is 3.08. The minimum atomic E-state index is -4.10. The van der Waals surface area contributed by atoms with Gasteiger partial charge in [-0.1, -0.05) is 0 Å². The van der Waals surface area contributed by atoms with Crippen LogP contribution in [0, 0.1) is 0 Å². The third-order valence-corrected chi connectivity index (χ3v) is 5.08. The number of anilines is 2. The van der Waals surface area contributed by atoms with Gasteiger partial charge in [0, 0.05) is 11.8 Å². The van der Waals surface area contributed by atoms with E-state index in [0.29, 0.717) is 17.2 Å². The summed E-state index contributed by atoms with van der Waals surface area (Å²) >= 11 is 0.